The zero-order valence-corrected chi connectivity index (χ0v) is 14.5. The first kappa shape index (κ1) is 16.6. The lowest BCUT2D eigenvalue weighted by molar-refractivity contribution is -0.184. The number of benzene rings is 1. The van der Waals surface area contributed by atoms with Gasteiger partial charge in [0.1, 0.15) is 11.4 Å². The summed E-state index contributed by atoms with van der Waals surface area (Å²) in [6.45, 7) is 11.5. The van der Waals surface area contributed by atoms with Crippen LogP contribution in [-0.4, -0.2) is 26.6 Å². The second-order valence-electron chi connectivity index (χ2n) is 7.38. The molecule has 0 aliphatic carbocycles. The molecule has 1 aromatic carbocycles. The van der Waals surface area contributed by atoms with Crippen molar-refractivity contribution in [3.8, 4) is 0 Å². The molecule has 0 aromatic heterocycles. The number of aliphatic hydroxyl groups is 1. The maximum absolute atomic E-state index is 14.2. The summed E-state index contributed by atoms with van der Waals surface area (Å²) in [5.41, 5.74) is 0.0781. The van der Waals surface area contributed by atoms with E-state index < -0.39 is 13.9 Å². The van der Waals surface area contributed by atoms with Gasteiger partial charge in [0.05, 0.1) is 19.8 Å². The van der Waals surface area contributed by atoms with Crippen LogP contribution in [0.4, 0.5) is 4.39 Å². The third-order valence-electron chi connectivity index (χ3n) is 4.67. The van der Waals surface area contributed by atoms with Crippen molar-refractivity contribution in [2.45, 2.75) is 51.1 Å². The standard InChI is InChI=1S/C16H25FO3Si/c1-15(2,3)21(4,5)20-9-12-6-7-13(8-14(12)17)16(18)10-19-11-16/h6-8,18H,9-11H2,1-5H3. The number of rotatable bonds is 4. The van der Waals surface area contributed by atoms with Gasteiger partial charge in [-0.3, -0.25) is 0 Å². The van der Waals surface area contributed by atoms with Crippen LogP contribution in [0.1, 0.15) is 31.9 Å². The van der Waals surface area contributed by atoms with Gasteiger partial charge in [-0.05, 0) is 29.8 Å². The summed E-state index contributed by atoms with van der Waals surface area (Å²) < 4.78 is 25.2. The van der Waals surface area contributed by atoms with Gasteiger partial charge in [-0.1, -0.05) is 32.9 Å². The van der Waals surface area contributed by atoms with E-state index >= 15 is 0 Å². The fourth-order valence-electron chi connectivity index (χ4n) is 1.89. The summed E-state index contributed by atoms with van der Waals surface area (Å²) in [6.07, 6.45) is 0. The Labute approximate surface area is 127 Å². The molecule has 1 heterocycles. The zero-order chi connectivity index (χ0) is 15.9. The molecule has 1 saturated heterocycles. The van der Waals surface area contributed by atoms with Gasteiger partial charge in [-0.25, -0.2) is 4.39 Å². The van der Waals surface area contributed by atoms with E-state index in [0.29, 0.717) is 11.1 Å². The van der Waals surface area contributed by atoms with Crippen LogP contribution in [0.25, 0.3) is 0 Å². The Balaban J connectivity index is 2.08. The van der Waals surface area contributed by atoms with Gasteiger partial charge in [0.2, 0.25) is 0 Å². The third kappa shape index (κ3) is 3.37. The Morgan fingerprint density at radius 1 is 1.33 bits per heavy atom. The number of ether oxygens (including phenoxy) is 1. The van der Waals surface area contributed by atoms with E-state index in [1.807, 2.05) is 0 Å². The fraction of sp³-hybridized carbons (Fsp3) is 0.625. The highest BCUT2D eigenvalue weighted by Gasteiger charge is 2.39. The van der Waals surface area contributed by atoms with Crippen molar-refractivity contribution in [2.24, 2.45) is 0 Å². The molecule has 0 saturated carbocycles. The molecule has 3 nitrogen and oxygen atoms in total. The normalized spacial score (nSPS) is 18.4. The van der Waals surface area contributed by atoms with Crippen LogP contribution < -0.4 is 0 Å². The van der Waals surface area contributed by atoms with E-state index in [1.165, 1.54) is 6.07 Å². The van der Waals surface area contributed by atoms with Crippen molar-refractivity contribution in [3.63, 3.8) is 0 Å². The summed E-state index contributed by atoms with van der Waals surface area (Å²) in [7, 11) is -1.89. The summed E-state index contributed by atoms with van der Waals surface area (Å²) in [6, 6.07) is 4.86. The minimum atomic E-state index is -1.89. The molecule has 1 aromatic rings. The molecule has 118 valence electrons. The first-order valence-corrected chi connectivity index (χ1v) is 10.2. The van der Waals surface area contributed by atoms with Crippen LogP contribution in [0.15, 0.2) is 18.2 Å². The number of hydrogen-bond donors (Lipinski definition) is 1. The number of hydrogen-bond acceptors (Lipinski definition) is 3. The van der Waals surface area contributed by atoms with Crippen molar-refractivity contribution in [1.82, 2.24) is 0 Å². The molecule has 1 N–H and O–H groups in total. The monoisotopic (exact) mass is 312 g/mol. The number of halogens is 1. The minimum Gasteiger partial charge on any atom is -0.412 e. The van der Waals surface area contributed by atoms with Crippen LogP contribution in [0.2, 0.25) is 18.1 Å². The van der Waals surface area contributed by atoms with Gasteiger partial charge in [0, 0.05) is 5.56 Å². The predicted octanol–water partition coefficient (Wildman–Crippen LogP) is 3.57. The van der Waals surface area contributed by atoms with E-state index in [9.17, 15) is 9.50 Å². The molecule has 1 fully saturated rings. The highest BCUT2D eigenvalue weighted by atomic mass is 28.4. The molecule has 0 unspecified atom stereocenters. The molecule has 21 heavy (non-hydrogen) atoms. The molecule has 1 aliphatic rings. The van der Waals surface area contributed by atoms with Gasteiger partial charge < -0.3 is 14.3 Å². The predicted molar refractivity (Wildman–Crippen MR) is 83.1 cm³/mol. The summed E-state index contributed by atoms with van der Waals surface area (Å²) in [5, 5.41) is 10.2. The maximum Gasteiger partial charge on any atom is 0.192 e. The molecular weight excluding hydrogens is 287 g/mol. The van der Waals surface area contributed by atoms with Gasteiger partial charge in [-0.15, -0.1) is 0 Å². The highest BCUT2D eigenvalue weighted by molar-refractivity contribution is 6.74. The van der Waals surface area contributed by atoms with Crippen LogP contribution in [0.5, 0.6) is 0 Å². The molecule has 0 spiro atoms. The largest absolute Gasteiger partial charge is 0.412 e. The molecule has 1 aliphatic heterocycles. The second-order valence-corrected chi connectivity index (χ2v) is 12.2. The van der Waals surface area contributed by atoms with Crippen LogP contribution in [0.3, 0.4) is 0 Å². The van der Waals surface area contributed by atoms with Crippen LogP contribution in [0, 0.1) is 5.82 Å². The Kier molecular flexibility index (Phi) is 4.32. The topological polar surface area (TPSA) is 38.7 Å². The summed E-state index contributed by atoms with van der Waals surface area (Å²) >= 11 is 0. The van der Waals surface area contributed by atoms with E-state index in [4.69, 9.17) is 9.16 Å². The Bertz CT molecular complexity index is 519. The first-order chi connectivity index (χ1) is 9.55. The molecule has 0 radical (unpaired) electrons. The molecule has 0 bridgehead atoms. The lowest BCUT2D eigenvalue weighted by atomic mass is 9.91. The van der Waals surface area contributed by atoms with E-state index in [0.717, 1.165) is 0 Å². The van der Waals surface area contributed by atoms with Crippen LogP contribution in [-0.2, 0) is 21.4 Å². The SMILES string of the molecule is CC(C)(C)[Si](C)(C)OCc1ccc(C2(O)COC2)cc1F. The van der Waals surface area contributed by atoms with Crippen molar-refractivity contribution < 1.29 is 18.7 Å². The molecular formula is C16H25FO3Si. The molecule has 5 heteroatoms. The van der Waals surface area contributed by atoms with E-state index in [-0.39, 0.29) is 30.7 Å². The van der Waals surface area contributed by atoms with E-state index in [2.05, 4.69) is 33.9 Å². The Morgan fingerprint density at radius 2 is 1.95 bits per heavy atom. The van der Waals surface area contributed by atoms with Crippen molar-refractivity contribution in [2.75, 3.05) is 13.2 Å². The maximum atomic E-state index is 14.2. The lowest BCUT2D eigenvalue weighted by Crippen LogP contribution is -2.46. The van der Waals surface area contributed by atoms with Crippen molar-refractivity contribution in [3.05, 3.63) is 35.1 Å². The van der Waals surface area contributed by atoms with Gasteiger partial charge in [0.25, 0.3) is 0 Å². The van der Waals surface area contributed by atoms with E-state index in [1.54, 1.807) is 12.1 Å². The van der Waals surface area contributed by atoms with Crippen molar-refractivity contribution in [1.29, 1.82) is 0 Å². The summed E-state index contributed by atoms with van der Waals surface area (Å²) in [4.78, 5) is 0. The first-order valence-electron chi connectivity index (χ1n) is 7.28. The smallest absolute Gasteiger partial charge is 0.192 e. The highest BCUT2D eigenvalue weighted by Crippen LogP contribution is 2.37. The average molecular weight is 312 g/mol. The Morgan fingerprint density at radius 3 is 2.38 bits per heavy atom. The Hall–Kier alpha value is -0.753. The second kappa shape index (κ2) is 5.46. The lowest BCUT2D eigenvalue weighted by Gasteiger charge is -2.37. The third-order valence-corrected chi connectivity index (χ3v) is 9.15. The van der Waals surface area contributed by atoms with Gasteiger partial charge in [-0.2, -0.15) is 0 Å². The van der Waals surface area contributed by atoms with Gasteiger partial charge >= 0.3 is 0 Å². The average Bonchev–Trinajstić information content (AvgIpc) is 2.33. The fourth-order valence-corrected chi connectivity index (χ4v) is 2.84. The molecule has 0 atom stereocenters. The van der Waals surface area contributed by atoms with Crippen LogP contribution >= 0.6 is 0 Å². The molecule has 2 rings (SSSR count). The van der Waals surface area contributed by atoms with Gasteiger partial charge in [0.15, 0.2) is 8.32 Å². The zero-order valence-electron chi connectivity index (χ0n) is 13.5. The molecule has 0 amide bonds. The van der Waals surface area contributed by atoms with Crippen molar-refractivity contribution >= 4 is 8.32 Å². The summed E-state index contributed by atoms with van der Waals surface area (Å²) in [5.74, 6) is -0.327. The quantitative estimate of drug-likeness (QED) is 0.864. The minimum absolute atomic E-state index is 0.0991.